The van der Waals surface area contributed by atoms with Crippen LogP contribution in [0.1, 0.15) is 25.8 Å². The van der Waals surface area contributed by atoms with E-state index < -0.39 is 4.75 Å². The Labute approximate surface area is 143 Å². The van der Waals surface area contributed by atoms with Gasteiger partial charge in [-0.2, -0.15) is 0 Å². The van der Waals surface area contributed by atoms with Crippen molar-refractivity contribution in [2.45, 2.75) is 36.0 Å². The van der Waals surface area contributed by atoms with E-state index in [9.17, 15) is 4.79 Å². The molecule has 0 aliphatic rings. The first-order valence-electron chi connectivity index (χ1n) is 7.80. The maximum Gasteiger partial charge on any atom is 0.241 e. The van der Waals surface area contributed by atoms with Crippen molar-refractivity contribution in [1.29, 1.82) is 0 Å². The van der Waals surface area contributed by atoms with Crippen LogP contribution < -0.4 is 5.32 Å². The first-order chi connectivity index (χ1) is 11.1. The number of carbonyl (C=O) groups is 1. The van der Waals surface area contributed by atoms with Crippen LogP contribution in [0.3, 0.4) is 0 Å². The average molecular weight is 325 g/mol. The maximum atomic E-state index is 13.1. The number of rotatable bonds is 7. The number of allylic oxidation sites excluding steroid dienone is 1. The molecular weight excluding hydrogens is 302 g/mol. The van der Waals surface area contributed by atoms with Crippen molar-refractivity contribution >= 4 is 17.7 Å². The van der Waals surface area contributed by atoms with Gasteiger partial charge in [0.1, 0.15) is 4.75 Å². The van der Waals surface area contributed by atoms with Gasteiger partial charge in [0.2, 0.25) is 5.91 Å². The smallest absolute Gasteiger partial charge is 0.241 e. The summed E-state index contributed by atoms with van der Waals surface area (Å²) in [7, 11) is 0. The van der Waals surface area contributed by atoms with Crippen molar-refractivity contribution in [3.05, 3.63) is 78.9 Å². The first kappa shape index (κ1) is 17.4. The molecule has 3 heteroatoms. The normalized spacial score (nSPS) is 13.3. The molecule has 1 N–H and O–H groups in total. The molecule has 1 atom stereocenters. The number of nitrogens with one attached hydrogen (secondary N) is 1. The van der Waals surface area contributed by atoms with Gasteiger partial charge in [-0.25, -0.2) is 0 Å². The van der Waals surface area contributed by atoms with Crippen LogP contribution in [0.4, 0.5) is 0 Å². The summed E-state index contributed by atoms with van der Waals surface area (Å²) < 4.78 is -0.714. The lowest BCUT2D eigenvalue weighted by Gasteiger charge is -2.32. The molecule has 1 amide bonds. The van der Waals surface area contributed by atoms with E-state index in [1.807, 2.05) is 80.6 Å². The van der Waals surface area contributed by atoms with Crippen molar-refractivity contribution in [1.82, 2.24) is 5.32 Å². The molecule has 23 heavy (non-hydrogen) atoms. The van der Waals surface area contributed by atoms with Crippen LogP contribution in [-0.4, -0.2) is 11.9 Å². The van der Waals surface area contributed by atoms with E-state index in [0.717, 1.165) is 10.5 Å². The van der Waals surface area contributed by atoms with E-state index in [0.29, 0.717) is 6.42 Å². The predicted octanol–water partition coefficient (Wildman–Crippen LogP) is 4.77. The van der Waals surface area contributed by atoms with E-state index in [2.05, 4.69) is 11.9 Å². The molecule has 2 nitrogen and oxygen atoms in total. The number of hydrogen-bond acceptors (Lipinski definition) is 2. The zero-order valence-corrected chi connectivity index (χ0v) is 14.5. The van der Waals surface area contributed by atoms with Crippen molar-refractivity contribution in [2.75, 3.05) is 0 Å². The summed E-state index contributed by atoms with van der Waals surface area (Å²) in [5.41, 5.74) is 0.993. The van der Waals surface area contributed by atoms with Crippen LogP contribution >= 0.6 is 11.8 Å². The molecule has 0 heterocycles. The number of amides is 1. The lowest BCUT2D eigenvalue weighted by atomic mass is 9.93. The summed E-state index contributed by atoms with van der Waals surface area (Å²) >= 11 is 1.58. The molecule has 0 unspecified atom stereocenters. The predicted molar refractivity (Wildman–Crippen MR) is 98.5 cm³/mol. The van der Waals surface area contributed by atoms with Gasteiger partial charge in [0, 0.05) is 10.9 Å². The topological polar surface area (TPSA) is 29.1 Å². The summed E-state index contributed by atoms with van der Waals surface area (Å²) in [5, 5.41) is 3.08. The van der Waals surface area contributed by atoms with Crippen LogP contribution in [0.5, 0.6) is 0 Å². The van der Waals surface area contributed by atoms with Gasteiger partial charge in [-0.3, -0.25) is 4.79 Å². The number of carbonyl (C=O) groups excluding carboxylic acids is 1. The van der Waals surface area contributed by atoms with Crippen molar-refractivity contribution in [3.8, 4) is 0 Å². The minimum absolute atomic E-state index is 0.0208. The second-order valence-electron chi connectivity index (χ2n) is 5.73. The van der Waals surface area contributed by atoms with E-state index in [1.165, 1.54) is 0 Å². The number of benzene rings is 2. The summed E-state index contributed by atoms with van der Waals surface area (Å²) in [6.07, 6.45) is 2.39. The molecule has 0 bridgehead atoms. The van der Waals surface area contributed by atoms with Gasteiger partial charge in [0.25, 0.3) is 0 Å². The molecular formula is C20H23NOS. The Bertz CT molecular complexity index is 639. The fourth-order valence-corrected chi connectivity index (χ4v) is 3.77. The SMILES string of the molecule is C=CC[C@](Sc1ccccc1)(C(=O)NC(C)C)c1ccccc1. The number of thioether (sulfide) groups is 1. The third kappa shape index (κ3) is 4.26. The molecule has 0 aliphatic heterocycles. The second-order valence-corrected chi connectivity index (χ2v) is 7.10. The van der Waals surface area contributed by atoms with E-state index >= 15 is 0 Å². The Morgan fingerprint density at radius 2 is 1.70 bits per heavy atom. The third-order valence-electron chi connectivity index (χ3n) is 3.49. The average Bonchev–Trinajstić information content (AvgIpc) is 2.55. The quantitative estimate of drug-likeness (QED) is 0.586. The van der Waals surface area contributed by atoms with Crippen molar-refractivity contribution in [3.63, 3.8) is 0 Å². The minimum atomic E-state index is -0.714. The van der Waals surface area contributed by atoms with Gasteiger partial charge in [0.15, 0.2) is 0 Å². The Balaban J connectivity index is 2.50. The molecule has 0 aromatic heterocycles. The van der Waals surface area contributed by atoms with E-state index in [-0.39, 0.29) is 11.9 Å². The van der Waals surface area contributed by atoms with Crippen molar-refractivity contribution in [2.24, 2.45) is 0 Å². The van der Waals surface area contributed by atoms with Crippen molar-refractivity contribution < 1.29 is 4.79 Å². The Hall–Kier alpha value is -2.00. The zero-order chi connectivity index (χ0) is 16.7. The molecule has 120 valence electrons. The standard InChI is InChI=1S/C20H23NOS/c1-4-15-20(19(22)21-16(2)3,17-11-7-5-8-12-17)23-18-13-9-6-10-14-18/h4-14,16H,1,15H2,2-3H3,(H,21,22)/t20-/m1/s1. The highest BCUT2D eigenvalue weighted by Gasteiger charge is 2.40. The molecule has 0 saturated heterocycles. The summed E-state index contributed by atoms with van der Waals surface area (Å²) in [6, 6.07) is 20.1. The molecule has 2 rings (SSSR count). The lowest BCUT2D eigenvalue weighted by Crippen LogP contribution is -2.44. The molecule has 0 radical (unpaired) electrons. The van der Waals surface area contributed by atoms with Gasteiger partial charge < -0.3 is 5.32 Å². The second kappa shape index (κ2) is 8.02. The minimum Gasteiger partial charge on any atom is -0.352 e. The molecule has 0 fully saturated rings. The highest BCUT2D eigenvalue weighted by atomic mass is 32.2. The molecule has 0 saturated carbocycles. The van der Waals surface area contributed by atoms with Crippen LogP contribution in [0.15, 0.2) is 78.2 Å². The number of hydrogen-bond donors (Lipinski definition) is 1. The molecule has 0 aliphatic carbocycles. The molecule has 2 aromatic carbocycles. The fourth-order valence-electron chi connectivity index (χ4n) is 2.47. The fraction of sp³-hybridized carbons (Fsp3) is 0.250. The van der Waals surface area contributed by atoms with Gasteiger partial charge in [-0.05, 0) is 38.0 Å². The Kier molecular flexibility index (Phi) is 6.05. The van der Waals surface area contributed by atoms with Crippen LogP contribution in [0, 0.1) is 0 Å². The summed E-state index contributed by atoms with van der Waals surface area (Å²) in [6.45, 7) is 7.84. The highest BCUT2D eigenvalue weighted by Crippen LogP contribution is 2.44. The summed E-state index contributed by atoms with van der Waals surface area (Å²) in [4.78, 5) is 14.2. The monoisotopic (exact) mass is 325 g/mol. The highest BCUT2D eigenvalue weighted by molar-refractivity contribution is 8.01. The molecule has 0 spiro atoms. The maximum absolute atomic E-state index is 13.1. The van der Waals surface area contributed by atoms with Gasteiger partial charge >= 0.3 is 0 Å². The largest absolute Gasteiger partial charge is 0.352 e. The zero-order valence-electron chi connectivity index (χ0n) is 13.7. The van der Waals surface area contributed by atoms with Gasteiger partial charge in [-0.15, -0.1) is 18.3 Å². The van der Waals surface area contributed by atoms with Crippen LogP contribution in [-0.2, 0) is 9.54 Å². The summed E-state index contributed by atoms with van der Waals surface area (Å²) in [5.74, 6) is 0.0208. The Morgan fingerprint density at radius 1 is 1.13 bits per heavy atom. The molecule has 2 aromatic rings. The van der Waals surface area contributed by atoms with E-state index in [4.69, 9.17) is 0 Å². The van der Waals surface area contributed by atoms with Crippen LogP contribution in [0.25, 0.3) is 0 Å². The third-order valence-corrected chi connectivity index (χ3v) is 4.94. The van der Waals surface area contributed by atoms with E-state index in [1.54, 1.807) is 11.8 Å². The van der Waals surface area contributed by atoms with Gasteiger partial charge in [-0.1, -0.05) is 54.6 Å². The van der Waals surface area contributed by atoms with Crippen LogP contribution in [0.2, 0.25) is 0 Å². The first-order valence-corrected chi connectivity index (χ1v) is 8.61. The lowest BCUT2D eigenvalue weighted by molar-refractivity contribution is -0.124. The van der Waals surface area contributed by atoms with Gasteiger partial charge in [0.05, 0.1) is 0 Å². The Morgan fingerprint density at radius 3 is 2.22 bits per heavy atom.